The standard InChI is InChI=1S/C13H19NO3/c1-8(2)11-9(3)4-5-10(12(11)16)13(17)14-6-7-15/h4-5,8,15-16H,6-7H2,1-3H3,(H,14,17). The molecule has 0 aliphatic carbocycles. The molecule has 0 aliphatic heterocycles. The van der Waals surface area contributed by atoms with Crippen molar-refractivity contribution >= 4 is 5.91 Å². The second-order valence-corrected chi connectivity index (χ2v) is 4.33. The molecule has 1 aromatic rings. The Morgan fingerprint density at radius 3 is 2.59 bits per heavy atom. The Labute approximate surface area is 101 Å². The lowest BCUT2D eigenvalue weighted by molar-refractivity contribution is 0.0942. The molecule has 0 saturated carbocycles. The maximum atomic E-state index is 11.7. The molecule has 4 nitrogen and oxygen atoms in total. The van der Waals surface area contributed by atoms with E-state index in [9.17, 15) is 9.90 Å². The van der Waals surface area contributed by atoms with E-state index in [1.165, 1.54) is 0 Å². The summed E-state index contributed by atoms with van der Waals surface area (Å²) in [4.78, 5) is 11.7. The zero-order valence-electron chi connectivity index (χ0n) is 10.4. The molecule has 0 aromatic heterocycles. The summed E-state index contributed by atoms with van der Waals surface area (Å²) >= 11 is 0. The van der Waals surface area contributed by atoms with Crippen LogP contribution in [0, 0.1) is 6.92 Å². The van der Waals surface area contributed by atoms with Gasteiger partial charge in [0.05, 0.1) is 12.2 Å². The fourth-order valence-electron chi connectivity index (χ4n) is 1.89. The van der Waals surface area contributed by atoms with Crippen LogP contribution in [0.3, 0.4) is 0 Å². The van der Waals surface area contributed by atoms with Gasteiger partial charge >= 0.3 is 0 Å². The van der Waals surface area contributed by atoms with Crippen molar-refractivity contribution in [2.75, 3.05) is 13.2 Å². The molecule has 0 saturated heterocycles. The lowest BCUT2D eigenvalue weighted by Crippen LogP contribution is -2.26. The van der Waals surface area contributed by atoms with Crippen molar-refractivity contribution in [2.24, 2.45) is 0 Å². The summed E-state index contributed by atoms with van der Waals surface area (Å²) in [5, 5.41) is 21.3. The fourth-order valence-corrected chi connectivity index (χ4v) is 1.89. The molecule has 94 valence electrons. The Hall–Kier alpha value is -1.55. The van der Waals surface area contributed by atoms with E-state index >= 15 is 0 Å². The molecule has 0 atom stereocenters. The first-order chi connectivity index (χ1) is 7.99. The highest BCUT2D eigenvalue weighted by molar-refractivity contribution is 5.97. The van der Waals surface area contributed by atoms with Crippen LogP contribution >= 0.6 is 0 Å². The van der Waals surface area contributed by atoms with Crippen LogP contribution in [-0.2, 0) is 0 Å². The van der Waals surface area contributed by atoms with Crippen molar-refractivity contribution in [3.63, 3.8) is 0 Å². The minimum atomic E-state index is -0.363. The predicted molar refractivity (Wildman–Crippen MR) is 66.4 cm³/mol. The quantitative estimate of drug-likeness (QED) is 0.744. The number of phenols is 1. The number of nitrogens with one attached hydrogen (secondary N) is 1. The molecule has 1 amide bonds. The third-order valence-corrected chi connectivity index (χ3v) is 2.65. The van der Waals surface area contributed by atoms with Crippen LogP contribution in [0.2, 0.25) is 0 Å². The van der Waals surface area contributed by atoms with E-state index in [0.29, 0.717) is 0 Å². The van der Waals surface area contributed by atoms with Gasteiger partial charge in [-0.05, 0) is 24.5 Å². The largest absolute Gasteiger partial charge is 0.507 e. The maximum absolute atomic E-state index is 11.7. The number of carbonyl (C=O) groups is 1. The van der Waals surface area contributed by atoms with Crippen molar-refractivity contribution in [3.8, 4) is 5.75 Å². The molecular weight excluding hydrogens is 218 g/mol. The van der Waals surface area contributed by atoms with Crippen LogP contribution in [0.5, 0.6) is 5.75 Å². The molecule has 0 spiro atoms. The highest BCUT2D eigenvalue weighted by Crippen LogP contribution is 2.31. The molecule has 1 aromatic carbocycles. The smallest absolute Gasteiger partial charge is 0.255 e. The number of aliphatic hydroxyl groups is 1. The van der Waals surface area contributed by atoms with Gasteiger partial charge in [-0.2, -0.15) is 0 Å². The third kappa shape index (κ3) is 2.97. The number of rotatable bonds is 4. The van der Waals surface area contributed by atoms with Crippen molar-refractivity contribution < 1.29 is 15.0 Å². The minimum Gasteiger partial charge on any atom is -0.507 e. The Kier molecular flexibility index (Phi) is 4.52. The Balaban J connectivity index is 3.10. The number of carbonyl (C=O) groups excluding carboxylic acids is 1. The van der Waals surface area contributed by atoms with E-state index < -0.39 is 0 Å². The summed E-state index contributed by atoms with van der Waals surface area (Å²) in [7, 11) is 0. The molecule has 17 heavy (non-hydrogen) atoms. The normalized spacial score (nSPS) is 10.6. The van der Waals surface area contributed by atoms with E-state index in [-0.39, 0.29) is 36.3 Å². The highest BCUT2D eigenvalue weighted by atomic mass is 16.3. The molecule has 1 rings (SSSR count). The number of hydrogen-bond acceptors (Lipinski definition) is 3. The van der Waals surface area contributed by atoms with Crippen molar-refractivity contribution in [1.82, 2.24) is 5.32 Å². The van der Waals surface area contributed by atoms with Gasteiger partial charge in [0.2, 0.25) is 0 Å². The summed E-state index contributed by atoms with van der Waals surface area (Å²) < 4.78 is 0. The summed E-state index contributed by atoms with van der Waals surface area (Å²) in [6.07, 6.45) is 0. The average molecular weight is 237 g/mol. The van der Waals surface area contributed by atoms with Gasteiger partial charge in [-0.15, -0.1) is 0 Å². The van der Waals surface area contributed by atoms with Gasteiger partial charge in [0.15, 0.2) is 0 Å². The number of aliphatic hydroxyl groups excluding tert-OH is 1. The molecule has 0 heterocycles. The van der Waals surface area contributed by atoms with Gasteiger partial charge in [0.25, 0.3) is 5.91 Å². The van der Waals surface area contributed by atoms with Gasteiger partial charge < -0.3 is 15.5 Å². The Morgan fingerprint density at radius 1 is 1.41 bits per heavy atom. The molecule has 0 aliphatic rings. The molecular formula is C13H19NO3. The van der Waals surface area contributed by atoms with E-state index in [4.69, 9.17) is 5.11 Å². The summed E-state index contributed by atoms with van der Waals surface area (Å²) in [6, 6.07) is 3.42. The predicted octanol–water partition coefficient (Wildman–Crippen LogP) is 1.55. The fraction of sp³-hybridized carbons (Fsp3) is 0.462. The average Bonchev–Trinajstić information content (AvgIpc) is 2.25. The van der Waals surface area contributed by atoms with Crippen molar-refractivity contribution in [3.05, 3.63) is 28.8 Å². The first-order valence-corrected chi connectivity index (χ1v) is 5.70. The van der Waals surface area contributed by atoms with Gasteiger partial charge in [-0.1, -0.05) is 19.9 Å². The van der Waals surface area contributed by atoms with E-state index in [1.54, 1.807) is 6.07 Å². The number of aromatic hydroxyl groups is 1. The van der Waals surface area contributed by atoms with E-state index in [1.807, 2.05) is 26.8 Å². The van der Waals surface area contributed by atoms with Crippen LogP contribution in [-0.4, -0.2) is 29.3 Å². The first kappa shape index (κ1) is 13.5. The second kappa shape index (κ2) is 5.68. The molecule has 0 fully saturated rings. The van der Waals surface area contributed by atoms with Crippen LogP contribution < -0.4 is 5.32 Å². The van der Waals surface area contributed by atoms with E-state index in [0.717, 1.165) is 11.1 Å². The minimum absolute atomic E-state index is 0.0374. The number of amides is 1. The number of phenolic OH excluding ortho intramolecular Hbond substituents is 1. The first-order valence-electron chi connectivity index (χ1n) is 5.70. The van der Waals surface area contributed by atoms with Gasteiger partial charge in [-0.3, -0.25) is 4.79 Å². The van der Waals surface area contributed by atoms with Gasteiger partial charge in [0.1, 0.15) is 5.75 Å². The summed E-state index contributed by atoms with van der Waals surface area (Å²) in [5.74, 6) is -0.172. The Morgan fingerprint density at radius 2 is 2.06 bits per heavy atom. The zero-order valence-corrected chi connectivity index (χ0v) is 10.4. The molecule has 0 radical (unpaired) electrons. The van der Waals surface area contributed by atoms with Crippen LogP contribution in [0.4, 0.5) is 0 Å². The van der Waals surface area contributed by atoms with Crippen LogP contribution in [0.25, 0.3) is 0 Å². The molecule has 0 bridgehead atoms. The summed E-state index contributed by atoms with van der Waals surface area (Å²) in [6.45, 7) is 5.91. The van der Waals surface area contributed by atoms with Crippen LogP contribution in [0.15, 0.2) is 12.1 Å². The topological polar surface area (TPSA) is 69.6 Å². The van der Waals surface area contributed by atoms with E-state index in [2.05, 4.69) is 5.32 Å². The number of aryl methyl sites for hydroxylation is 1. The third-order valence-electron chi connectivity index (χ3n) is 2.65. The second-order valence-electron chi connectivity index (χ2n) is 4.33. The number of hydrogen-bond donors (Lipinski definition) is 3. The number of benzene rings is 1. The monoisotopic (exact) mass is 237 g/mol. The SMILES string of the molecule is Cc1ccc(C(=O)NCCO)c(O)c1C(C)C. The lowest BCUT2D eigenvalue weighted by atomic mass is 9.94. The Bertz CT molecular complexity index is 413. The molecule has 3 N–H and O–H groups in total. The summed E-state index contributed by atoms with van der Waals surface area (Å²) in [5.41, 5.74) is 2.02. The molecule has 0 unspecified atom stereocenters. The molecule has 4 heteroatoms. The van der Waals surface area contributed by atoms with Crippen molar-refractivity contribution in [1.29, 1.82) is 0 Å². The maximum Gasteiger partial charge on any atom is 0.255 e. The van der Waals surface area contributed by atoms with Gasteiger partial charge in [-0.25, -0.2) is 0 Å². The lowest BCUT2D eigenvalue weighted by Gasteiger charge is -2.15. The highest BCUT2D eigenvalue weighted by Gasteiger charge is 2.17. The van der Waals surface area contributed by atoms with Crippen molar-refractivity contribution in [2.45, 2.75) is 26.7 Å². The van der Waals surface area contributed by atoms with Gasteiger partial charge in [0, 0.05) is 12.1 Å². The van der Waals surface area contributed by atoms with Crippen LogP contribution in [0.1, 0.15) is 41.3 Å². The zero-order chi connectivity index (χ0) is 13.0.